The van der Waals surface area contributed by atoms with E-state index in [0.717, 1.165) is 0 Å². The Balaban J connectivity index is 1.59. The van der Waals surface area contributed by atoms with Crippen molar-refractivity contribution in [3.05, 3.63) is 0 Å². The van der Waals surface area contributed by atoms with Gasteiger partial charge in [-0.2, -0.15) is 0 Å². The van der Waals surface area contributed by atoms with Gasteiger partial charge in [-0.05, 0) is 25.9 Å². The lowest BCUT2D eigenvalue weighted by Crippen LogP contribution is -2.73. The van der Waals surface area contributed by atoms with E-state index < -0.39 is 109 Å². The average molecular weight is 638 g/mol. The first kappa shape index (κ1) is 35.7. The lowest BCUT2D eigenvalue weighted by atomic mass is 9.71. The Morgan fingerprint density at radius 2 is 1.59 bits per heavy atom. The number of amides is 1. The minimum atomic E-state index is -1.73. The number of hydrogen-bond donors (Lipinski definition) is 14. The fraction of sp³-hybridized carbons (Fsp3) is 0.962. The topological polar surface area (TPSA) is 341 Å². The van der Waals surface area contributed by atoms with Gasteiger partial charge in [-0.15, -0.1) is 0 Å². The fourth-order valence-corrected chi connectivity index (χ4v) is 6.73. The van der Waals surface area contributed by atoms with Gasteiger partial charge in [-0.3, -0.25) is 4.79 Å². The van der Waals surface area contributed by atoms with Gasteiger partial charge < -0.3 is 89.3 Å². The van der Waals surface area contributed by atoms with Crippen LogP contribution in [0, 0.1) is 5.92 Å². The molecule has 0 aromatic carbocycles. The summed E-state index contributed by atoms with van der Waals surface area (Å²) in [5.41, 5.74) is 28.4. The highest BCUT2D eigenvalue weighted by Crippen LogP contribution is 2.38. The zero-order valence-electron chi connectivity index (χ0n) is 24.5. The SMILES string of the molecule is NCCCNC[C@H]1O[C@H](C2[C@@H](N)C[C@@H](NC(=O)C3(O)CC(N)C3)[C@H](O[C@H]3O[C@H](CO)[C@@H](O)[C@H](N)[C@H]3O)[C@H]2O)[C@H](N)[C@@H](O)[C@@H]1O. The molecule has 4 fully saturated rings. The average Bonchev–Trinajstić information content (AvgIpc) is 2.96. The minimum absolute atomic E-state index is 0.0232. The van der Waals surface area contributed by atoms with Crippen molar-refractivity contribution in [1.29, 1.82) is 0 Å². The molecule has 15 atom stereocenters. The van der Waals surface area contributed by atoms with Crippen LogP contribution in [-0.2, 0) is 19.0 Å². The number of ether oxygens (including phenoxy) is 3. The van der Waals surface area contributed by atoms with Crippen molar-refractivity contribution in [2.24, 2.45) is 34.6 Å². The molecule has 2 aliphatic carbocycles. The van der Waals surface area contributed by atoms with E-state index in [1.807, 2.05) is 0 Å². The molecule has 0 aromatic heterocycles. The van der Waals surface area contributed by atoms with Gasteiger partial charge in [0.1, 0.15) is 42.2 Å². The molecular formula is C26H51N7O11. The van der Waals surface area contributed by atoms with Gasteiger partial charge in [-0.25, -0.2) is 0 Å². The first-order chi connectivity index (χ1) is 20.7. The molecular weight excluding hydrogens is 586 g/mol. The second kappa shape index (κ2) is 14.7. The summed E-state index contributed by atoms with van der Waals surface area (Å²) < 4.78 is 17.8. The second-order valence-electron chi connectivity index (χ2n) is 12.7. The lowest BCUT2D eigenvalue weighted by molar-refractivity contribution is -0.307. The number of aliphatic hydroxyl groups excluding tert-OH is 6. The van der Waals surface area contributed by atoms with E-state index in [-0.39, 0.29) is 31.8 Å². The molecule has 18 heteroatoms. The summed E-state index contributed by atoms with van der Waals surface area (Å²) in [6.07, 6.45) is -12.9. The number of nitrogens with two attached hydrogens (primary N) is 5. The Labute approximate surface area is 255 Å². The van der Waals surface area contributed by atoms with Crippen molar-refractivity contribution in [3.63, 3.8) is 0 Å². The maximum Gasteiger partial charge on any atom is 0.252 e. The van der Waals surface area contributed by atoms with Gasteiger partial charge in [0.15, 0.2) is 6.29 Å². The summed E-state index contributed by atoms with van der Waals surface area (Å²) in [7, 11) is 0. The van der Waals surface area contributed by atoms with Crippen molar-refractivity contribution in [2.45, 2.75) is 123 Å². The number of carbonyl (C=O) groups is 1. The van der Waals surface area contributed by atoms with E-state index in [0.29, 0.717) is 19.5 Å². The van der Waals surface area contributed by atoms with Crippen molar-refractivity contribution >= 4 is 5.91 Å². The summed E-state index contributed by atoms with van der Waals surface area (Å²) in [5, 5.41) is 80.4. The Kier molecular flexibility index (Phi) is 11.9. The standard InChI is InChI=1S/C26H51N7O11/c27-2-1-3-32-7-12-18(36)20(38)16(31)23(42-12)14-10(29)4-11(33-25(40)26(41)5-9(28)6-26)22(19(14)37)44-24-21(39)15(30)17(35)13(8-34)43-24/h9-24,32,34-39,41H,1-8,27-31H2,(H,33,40)/t9?,10-,11+,12+,13+,14?,15-,16+,17+,18+,19-,20+,21+,22-,23+,24+,26?/m0/s1. The van der Waals surface area contributed by atoms with Gasteiger partial charge in [-0.1, -0.05) is 0 Å². The van der Waals surface area contributed by atoms with Crippen molar-refractivity contribution in [2.75, 3.05) is 26.2 Å². The molecule has 1 unspecified atom stereocenters. The first-order valence-corrected chi connectivity index (χ1v) is 15.2. The van der Waals surface area contributed by atoms with E-state index >= 15 is 0 Å². The zero-order valence-corrected chi connectivity index (χ0v) is 24.5. The van der Waals surface area contributed by atoms with E-state index in [4.69, 9.17) is 42.9 Å². The predicted molar refractivity (Wildman–Crippen MR) is 152 cm³/mol. The Bertz CT molecular complexity index is 950. The molecule has 0 radical (unpaired) electrons. The molecule has 44 heavy (non-hydrogen) atoms. The fourth-order valence-electron chi connectivity index (χ4n) is 6.73. The van der Waals surface area contributed by atoms with Crippen molar-refractivity contribution in [3.8, 4) is 0 Å². The molecule has 2 aliphatic heterocycles. The predicted octanol–water partition coefficient (Wildman–Crippen LogP) is -8.06. The van der Waals surface area contributed by atoms with Gasteiger partial charge in [0.2, 0.25) is 0 Å². The van der Waals surface area contributed by atoms with Crippen LogP contribution in [0.3, 0.4) is 0 Å². The minimum Gasteiger partial charge on any atom is -0.394 e. The summed E-state index contributed by atoms with van der Waals surface area (Å²) in [4.78, 5) is 13.1. The molecule has 18 nitrogen and oxygen atoms in total. The highest BCUT2D eigenvalue weighted by atomic mass is 16.7. The highest BCUT2D eigenvalue weighted by molar-refractivity contribution is 5.86. The monoisotopic (exact) mass is 637 g/mol. The van der Waals surface area contributed by atoms with E-state index in [9.17, 15) is 40.5 Å². The molecule has 2 saturated carbocycles. The van der Waals surface area contributed by atoms with Crippen LogP contribution < -0.4 is 39.3 Å². The highest BCUT2D eigenvalue weighted by Gasteiger charge is 2.56. The normalized spacial score (nSPS) is 49.7. The number of aliphatic hydroxyl groups is 7. The number of hydrogen-bond acceptors (Lipinski definition) is 17. The smallest absolute Gasteiger partial charge is 0.252 e. The number of carbonyl (C=O) groups excluding carboxylic acids is 1. The van der Waals surface area contributed by atoms with Crippen LogP contribution in [0.1, 0.15) is 25.7 Å². The second-order valence-corrected chi connectivity index (χ2v) is 12.7. The molecule has 1 amide bonds. The van der Waals surface area contributed by atoms with Crippen LogP contribution in [0.25, 0.3) is 0 Å². The first-order valence-electron chi connectivity index (χ1n) is 15.2. The summed E-state index contributed by atoms with van der Waals surface area (Å²) in [6, 6.07) is -4.77. The molecule has 4 aliphatic rings. The van der Waals surface area contributed by atoms with Crippen LogP contribution in [0.5, 0.6) is 0 Å². The molecule has 2 saturated heterocycles. The Morgan fingerprint density at radius 3 is 2.20 bits per heavy atom. The summed E-state index contributed by atoms with van der Waals surface area (Å²) in [5.74, 6) is -1.78. The number of nitrogens with one attached hydrogen (secondary N) is 2. The molecule has 4 rings (SSSR count). The van der Waals surface area contributed by atoms with Gasteiger partial charge in [0.25, 0.3) is 5.91 Å². The van der Waals surface area contributed by atoms with Gasteiger partial charge in [0, 0.05) is 37.4 Å². The van der Waals surface area contributed by atoms with Crippen molar-refractivity contribution < 1.29 is 54.8 Å². The lowest BCUT2D eigenvalue weighted by Gasteiger charge is -2.52. The van der Waals surface area contributed by atoms with Gasteiger partial charge >= 0.3 is 0 Å². The summed E-state index contributed by atoms with van der Waals surface area (Å²) in [6.45, 7) is 0.475. The van der Waals surface area contributed by atoms with Crippen LogP contribution in [0.15, 0.2) is 0 Å². The maximum absolute atomic E-state index is 13.1. The molecule has 0 spiro atoms. The van der Waals surface area contributed by atoms with Gasteiger partial charge in [0.05, 0.1) is 43.0 Å². The van der Waals surface area contributed by atoms with Crippen LogP contribution in [0.2, 0.25) is 0 Å². The molecule has 2 heterocycles. The zero-order chi connectivity index (χ0) is 32.5. The molecule has 19 N–H and O–H groups in total. The van der Waals surface area contributed by atoms with E-state index in [1.54, 1.807) is 0 Å². The largest absolute Gasteiger partial charge is 0.394 e. The number of rotatable bonds is 11. The summed E-state index contributed by atoms with van der Waals surface area (Å²) >= 11 is 0. The van der Waals surface area contributed by atoms with Crippen LogP contribution in [0.4, 0.5) is 0 Å². The third-order valence-electron chi connectivity index (χ3n) is 9.43. The van der Waals surface area contributed by atoms with E-state index in [1.165, 1.54) is 0 Å². The van der Waals surface area contributed by atoms with Crippen molar-refractivity contribution in [1.82, 2.24) is 10.6 Å². The third kappa shape index (κ3) is 7.20. The van der Waals surface area contributed by atoms with E-state index in [2.05, 4.69) is 10.6 Å². The maximum atomic E-state index is 13.1. The van der Waals surface area contributed by atoms with Crippen LogP contribution in [-0.4, -0.2) is 165 Å². The molecule has 256 valence electrons. The third-order valence-corrected chi connectivity index (χ3v) is 9.43. The molecule has 0 bridgehead atoms. The Morgan fingerprint density at radius 1 is 0.909 bits per heavy atom. The quantitative estimate of drug-likeness (QED) is 0.0935. The Hall–Kier alpha value is -1.17. The molecule has 0 aromatic rings. The van der Waals surface area contributed by atoms with Crippen LogP contribution >= 0.6 is 0 Å².